The van der Waals surface area contributed by atoms with Gasteiger partial charge < -0.3 is 9.47 Å². The van der Waals surface area contributed by atoms with Gasteiger partial charge in [-0.05, 0) is 31.2 Å². The summed E-state index contributed by atoms with van der Waals surface area (Å²) in [6, 6.07) is 11.3. The second-order valence-electron chi connectivity index (χ2n) is 5.65. The first-order chi connectivity index (χ1) is 13.4. The Bertz CT molecular complexity index is 1000. The van der Waals surface area contributed by atoms with Crippen molar-refractivity contribution in [3.05, 3.63) is 58.6 Å². The van der Waals surface area contributed by atoms with Crippen molar-refractivity contribution in [3.63, 3.8) is 0 Å². The summed E-state index contributed by atoms with van der Waals surface area (Å²) in [5, 5.41) is 11.0. The summed E-state index contributed by atoms with van der Waals surface area (Å²) >= 11 is 1.22. The number of hydrogen-bond acceptors (Lipinski definition) is 8. The minimum absolute atomic E-state index is 0.0961. The van der Waals surface area contributed by atoms with Crippen molar-refractivity contribution in [3.8, 4) is 5.75 Å². The van der Waals surface area contributed by atoms with Crippen LogP contribution in [-0.2, 0) is 9.53 Å². The van der Waals surface area contributed by atoms with Gasteiger partial charge in [-0.15, -0.1) is 0 Å². The van der Waals surface area contributed by atoms with Crippen LogP contribution in [0.4, 0.5) is 15.6 Å². The molecule has 3 rings (SSSR count). The molecule has 1 amide bonds. The Labute approximate surface area is 163 Å². The lowest BCUT2D eigenvalue weighted by Gasteiger charge is -2.23. The standard InChI is InChI=1S/C18H15N3O6S/c1-11(16(22)26-2)20(17-19-14-5-3-4-6-15(14)28-17)18(23)27-13-9-7-12(8-10-13)21(24)25/h3-11H,1-2H3/t11-/m0/s1. The molecule has 3 aromatic rings. The highest BCUT2D eigenvalue weighted by Crippen LogP contribution is 2.31. The Morgan fingerprint density at radius 1 is 1.18 bits per heavy atom. The number of fused-ring (bicyclic) bond motifs is 1. The number of anilines is 1. The first-order valence-corrected chi connectivity index (χ1v) is 8.91. The zero-order valence-electron chi connectivity index (χ0n) is 14.9. The Kier molecular flexibility index (Phi) is 5.50. The van der Waals surface area contributed by atoms with Crippen LogP contribution in [0.15, 0.2) is 48.5 Å². The molecule has 28 heavy (non-hydrogen) atoms. The molecule has 0 fully saturated rings. The van der Waals surface area contributed by atoms with Gasteiger partial charge in [0.1, 0.15) is 11.8 Å². The molecular formula is C18H15N3O6S. The highest BCUT2D eigenvalue weighted by Gasteiger charge is 2.32. The van der Waals surface area contributed by atoms with E-state index in [4.69, 9.17) is 9.47 Å². The van der Waals surface area contributed by atoms with Crippen LogP contribution in [0.2, 0.25) is 0 Å². The van der Waals surface area contributed by atoms with Gasteiger partial charge in [-0.1, -0.05) is 23.5 Å². The third-order valence-corrected chi connectivity index (χ3v) is 4.90. The van der Waals surface area contributed by atoms with Gasteiger partial charge >= 0.3 is 12.1 Å². The number of thiazole rings is 1. The number of non-ortho nitro benzene ring substituents is 1. The number of aromatic nitrogens is 1. The number of ether oxygens (including phenoxy) is 2. The van der Waals surface area contributed by atoms with E-state index in [0.29, 0.717) is 5.52 Å². The predicted molar refractivity (Wildman–Crippen MR) is 103 cm³/mol. The van der Waals surface area contributed by atoms with Gasteiger partial charge in [-0.3, -0.25) is 10.1 Å². The lowest BCUT2D eigenvalue weighted by molar-refractivity contribution is -0.384. The van der Waals surface area contributed by atoms with Crippen LogP contribution in [0, 0.1) is 10.1 Å². The number of nitro groups is 1. The fourth-order valence-corrected chi connectivity index (χ4v) is 3.46. The topological polar surface area (TPSA) is 112 Å². The molecule has 0 saturated carbocycles. The molecule has 1 heterocycles. The van der Waals surface area contributed by atoms with E-state index in [9.17, 15) is 19.7 Å². The third-order valence-electron chi connectivity index (χ3n) is 3.87. The van der Waals surface area contributed by atoms with Crippen molar-refractivity contribution in [1.29, 1.82) is 0 Å². The maximum absolute atomic E-state index is 12.8. The first kappa shape index (κ1) is 19.2. The van der Waals surface area contributed by atoms with Crippen molar-refractivity contribution in [2.45, 2.75) is 13.0 Å². The SMILES string of the molecule is COC(=O)[C@H](C)N(C(=O)Oc1ccc([N+](=O)[O-])cc1)c1nc2ccccc2s1. The minimum atomic E-state index is -0.990. The molecule has 2 aromatic carbocycles. The highest BCUT2D eigenvalue weighted by molar-refractivity contribution is 7.22. The monoisotopic (exact) mass is 401 g/mol. The summed E-state index contributed by atoms with van der Waals surface area (Å²) in [6.07, 6.45) is -0.856. The van der Waals surface area contributed by atoms with Crippen LogP contribution < -0.4 is 9.64 Å². The predicted octanol–water partition coefficient (Wildman–Crippen LogP) is 3.77. The second-order valence-corrected chi connectivity index (χ2v) is 6.66. The highest BCUT2D eigenvalue weighted by atomic mass is 32.1. The van der Waals surface area contributed by atoms with E-state index in [1.807, 2.05) is 18.2 Å². The van der Waals surface area contributed by atoms with Crippen LogP contribution in [0.1, 0.15) is 6.92 Å². The summed E-state index contributed by atoms with van der Waals surface area (Å²) < 4.78 is 10.9. The molecule has 0 radical (unpaired) electrons. The molecular weight excluding hydrogens is 386 g/mol. The molecule has 0 spiro atoms. The van der Waals surface area contributed by atoms with Crippen LogP contribution in [-0.4, -0.2) is 35.1 Å². The molecule has 0 aliphatic heterocycles. The van der Waals surface area contributed by atoms with Crippen LogP contribution in [0.5, 0.6) is 5.75 Å². The van der Waals surface area contributed by atoms with Crippen LogP contribution in [0.25, 0.3) is 10.2 Å². The van der Waals surface area contributed by atoms with Crippen LogP contribution >= 0.6 is 11.3 Å². The summed E-state index contributed by atoms with van der Waals surface area (Å²) in [5.74, 6) is -0.543. The molecule has 10 heteroatoms. The number of hydrogen-bond donors (Lipinski definition) is 0. The molecule has 1 atom stereocenters. The van der Waals surface area contributed by atoms with E-state index in [-0.39, 0.29) is 16.6 Å². The largest absolute Gasteiger partial charge is 0.467 e. The lowest BCUT2D eigenvalue weighted by atomic mass is 10.3. The fourth-order valence-electron chi connectivity index (χ4n) is 2.43. The van der Waals surface area contributed by atoms with Gasteiger partial charge in [-0.2, -0.15) is 0 Å². The molecule has 0 bridgehead atoms. The quantitative estimate of drug-likeness (QED) is 0.363. The normalized spacial score (nSPS) is 11.6. The fraction of sp³-hybridized carbons (Fsp3) is 0.167. The van der Waals surface area contributed by atoms with Gasteiger partial charge in [0.25, 0.3) is 5.69 Å². The Balaban J connectivity index is 1.92. The zero-order valence-corrected chi connectivity index (χ0v) is 15.7. The van der Waals surface area contributed by atoms with Crippen molar-refractivity contribution in [1.82, 2.24) is 4.98 Å². The molecule has 0 aliphatic rings. The van der Waals surface area contributed by atoms with Gasteiger partial charge in [0.15, 0.2) is 5.13 Å². The van der Waals surface area contributed by atoms with Gasteiger partial charge in [-0.25, -0.2) is 19.5 Å². The second kappa shape index (κ2) is 8.01. The summed E-state index contributed by atoms with van der Waals surface area (Å²) in [4.78, 5) is 40.5. The van der Waals surface area contributed by atoms with Crippen molar-refractivity contribution < 1.29 is 24.0 Å². The number of esters is 1. The van der Waals surface area contributed by atoms with Gasteiger partial charge in [0, 0.05) is 12.1 Å². The summed E-state index contributed by atoms with van der Waals surface area (Å²) in [5.41, 5.74) is 0.540. The maximum Gasteiger partial charge on any atom is 0.422 e. The number of para-hydroxylation sites is 1. The van der Waals surface area contributed by atoms with E-state index in [1.54, 1.807) is 6.07 Å². The third kappa shape index (κ3) is 3.91. The van der Waals surface area contributed by atoms with Crippen molar-refractivity contribution >= 4 is 44.4 Å². The number of nitrogens with zero attached hydrogens (tertiary/aromatic N) is 3. The number of rotatable bonds is 5. The molecule has 9 nitrogen and oxygen atoms in total. The van der Waals surface area contributed by atoms with E-state index >= 15 is 0 Å². The Morgan fingerprint density at radius 2 is 1.86 bits per heavy atom. The van der Waals surface area contributed by atoms with E-state index in [1.165, 1.54) is 49.6 Å². The van der Waals surface area contributed by atoms with Crippen LogP contribution in [0.3, 0.4) is 0 Å². The van der Waals surface area contributed by atoms with Gasteiger partial charge in [0.2, 0.25) is 0 Å². The molecule has 0 unspecified atom stereocenters. The minimum Gasteiger partial charge on any atom is -0.467 e. The smallest absolute Gasteiger partial charge is 0.422 e. The summed E-state index contributed by atoms with van der Waals surface area (Å²) in [7, 11) is 1.22. The van der Waals surface area contributed by atoms with Crippen molar-refractivity contribution in [2.24, 2.45) is 0 Å². The number of nitro benzene ring substituents is 1. The Morgan fingerprint density at radius 3 is 2.46 bits per heavy atom. The molecule has 144 valence electrons. The maximum atomic E-state index is 12.8. The Hall–Kier alpha value is -3.53. The number of carbonyl (C=O) groups is 2. The lowest BCUT2D eigenvalue weighted by Crippen LogP contribution is -2.45. The van der Waals surface area contributed by atoms with E-state index in [2.05, 4.69) is 4.98 Å². The number of amides is 1. The number of carbonyl (C=O) groups excluding carboxylic acids is 2. The summed E-state index contributed by atoms with van der Waals surface area (Å²) in [6.45, 7) is 1.50. The molecule has 0 N–H and O–H groups in total. The number of methoxy groups -OCH3 is 1. The molecule has 0 saturated heterocycles. The average Bonchev–Trinajstić information content (AvgIpc) is 3.11. The van der Waals surface area contributed by atoms with E-state index in [0.717, 1.165) is 9.60 Å². The van der Waals surface area contributed by atoms with E-state index < -0.39 is 23.0 Å². The number of benzene rings is 2. The van der Waals surface area contributed by atoms with Gasteiger partial charge in [0.05, 0.1) is 22.2 Å². The average molecular weight is 401 g/mol. The van der Waals surface area contributed by atoms with Crippen molar-refractivity contribution in [2.75, 3.05) is 12.0 Å². The zero-order chi connectivity index (χ0) is 20.3. The molecule has 1 aromatic heterocycles. The molecule has 0 aliphatic carbocycles. The first-order valence-electron chi connectivity index (χ1n) is 8.09.